The Morgan fingerprint density at radius 2 is 1.91 bits per heavy atom. The second kappa shape index (κ2) is 3.09. The number of aliphatic imine (C=N–C) groups is 1. The van der Waals surface area contributed by atoms with Gasteiger partial charge in [-0.25, -0.2) is 4.99 Å². The molecule has 0 saturated heterocycles. The van der Waals surface area contributed by atoms with Crippen LogP contribution in [0.1, 0.15) is 25.7 Å². The van der Waals surface area contributed by atoms with Crippen LogP contribution in [0, 0.1) is 0 Å². The van der Waals surface area contributed by atoms with Crippen LogP contribution in [0.25, 0.3) is 0 Å². The van der Waals surface area contributed by atoms with Crippen molar-refractivity contribution in [2.45, 2.75) is 31.2 Å². The van der Waals surface area contributed by atoms with Crippen molar-refractivity contribution in [3.63, 3.8) is 0 Å². The van der Waals surface area contributed by atoms with E-state index in [1.807, 2.05) is 0 Å². The van der Waals surface area contributed by atoms with E-state index in [-0.39, 0.29) is 18.1 Å². The van der Waals surface area contributed by atoms with Crippen molar-refractivity contribution in [2.75, 3.05) is 6.61 Å². The molecule has 1 rings (SSSR count). The van der Waals surface area contributed by atoms with Crippen molar-refractivity contribution in [1.29, 1.82) is 0 Å². The van der Waals surface area contributed by atoms with Gasteiger partial charge in [0.2, 0.25) is 0 Å². The summed E-state index contributed by atoms with van der Waals surface area (Å²) in [5.41, 5.74) is 10.2. The predicted molar refractivity (Wildman–Crippen MR) is 44.1 cm³/mol. The SMILES string of the molecule is NC(N)=NC1(CO)CCCC1. The van der Waals surface area contributed by atoms with Gasteiger partial charge < -0.3 is 16.6 Å². The van der Waals surface area contributed by atoms with Gasteiger partial charge in [0, 0.05) is 0 Å². The summed E-state index contributed by atoms with van der Waals surface area (Å²) in [5.74, 6) is 0.0842. The van der Waals surface area contributed by atoms with Gasteiger partial charge in [-0.05, 0) is 12.8 Å². The highest BCUT2D eigenvalue weighted by Gasteiger charge is 2.32. The average Bonchev–Trinajstić information content (AvgIpc) is 2.36. The molecule has 4 nitrogen and oxygen atoms in total. The Balaban J connectivity index is 2.67. The topological polar surface area (TPSA) is 84.6 Å². The van der Waals surface area contributed by atoms with Crippen molar-refractivity contribution in [3.8, 4) is 0 Å². The highest BCUT2D eigenvalue weighted by molar-refractivity contribution is 5.76. The second-order valence-corrected chi connectivity index (χ2v) is 3.13. The molecule has 0 aromatic carbocycles. The van der Waals surface area contributed by atoms with Crippen LogP contribution in [0.15, 0.2) is 4.99 Å². The first-order chi connectivity index (χ1) is 5.18. The maximum Gasteiger partial charge on any atom is 0.186 e. The number of nitrogens with two attached hydrogens (primary N) is 2. The second-order valence-electron chi connectivity index (χ2n) is 3.13. The molecule has 11 heavy (non-hydrogen) atoms. The van der Waals surface area contributed by atoms with Crippen molar-refractivity contribution < 1.29 is 5.11 Å². The van der Waals surface area contributed by atoms with Crippen LogP contribution in [0.3, 0.4) is 0 Å². The molecule has 0 atom stereocenters. The van der Waals surface area contributed by atoms with Gasteiger partial charge in [-0.15, -0.1) is 0 Å². The molecule has 0 spiro atoms. The highest BCUT2D eigenvalue weighted by atomic mass is 16.3. The Hall–Kier alpha value is -0.770. The van der Waals surface area contributed by atoms with Gasteiger partial charge in [-0.2, -0.15) is 0 Å². The summed E-state index contributed by atoms with van der Waals surface area (Å²) in [4.78, 5) is 4.05. The minimum atomic E-state index is -0.348. The van der Waals surface area contributed by atoms with Gasteiger partial charge >= 0.3 is 0 Å². The van der Waals surface area contributed by atoms with Gasteiger partial charge in [0.1, 0.15) is 0 Å². The Morgan fingerprint density at radius 1 is 1.36 bits per heavy atom. The lowest BCUT2D eigenvalue weighted by molar-refractivity contribution is 0.201. The summed E-state index contributed by atoms with van der Waals surface area (Å²) in [6.45, 7) is 0.0604. The molecule has 0 aliphatic heterocycles. The first kappa shape index (κ1) is 8.33. The van der Waals surface area contributed by atoms with Crippen LogP contribution in [0.4, 0.5) is 0 Å². The van der Waals surface area contributed by atoms with Crippen LogP contribution < -0.4 is 11.5 Å². The number of aliphatic hydroxyl groups excluding tert-OH is 1. The number of hydrogen-bond acceptors (Lipinski definition) is 2. The largest absolute Gasteiger partial charge is 0.394 e. The lowest BCUT2D eigenvalue weighted by Gasteiger charge is -2.20. The molecule has 1 fully saturated rings. The third-order valence-electron chi connectivity index (χ3n) is 2.19. The molecule has 0 radical (unpaired) electrons. The van der Waals surface area contributed by atoms with E-state index in [0.29, 0.717) is 0 Å². The van der Waals surface area contributed by atoms with Crippen molar-refractivity contribution >= 4 is 5.96 Å². The summed E-state index contributed by atoms with van der Waals surface area (Å²) >= 11 is 0. The van der Waals surface area contributed by atoms with Crippen LogP contribution in [-0.4, -0.2) is 23.2 Å². The quantitative estimate of drug-likeness (QED) is 0.375. The third kappa shape index (κ3) is 1.83. The van der Waals surface area contributed by atoms with Gasteiger partial charge in [0.25, 0.3) is 0 Å². The number of hydrogen-bond donors (Lipinski definition) is 3. The molecule has 1 aliphatic carbocycles. The van der Waals surface area contributed by atoms with Gasteiger partial charge in [-0.3, -0.25) is 0 Å². The fraction of sp³-hybridized carbons (Fsp3) is 0.857. The zero-order chi connectivity index (χ0) is 8.32. The first-order valence-electron chi connectivity index (χ1n) is 3.90. The maximum absolute atomic E-state index is 9.05. The van der Waals surface area contributed by atoms with E-state index in [9.17, 15) is 0 Å². The van der Waals surface area contributed by atoms with Gasteiger partial charge in [0.15, 0.2) is 5.96 Å². The summed E-state index contributed by atoms with van der Waals surface area (Å²) in [6, 6.07) is 0. The average molecular weight is 157 g/mol. The zero-order valence-electron chi connectivity index (χ0n) is 6.58. The van der Waals surface area contributed by atoms with Crippen molar-refractivity contribution in [3.05, 3.63) is 0 Å². The van der Waals surface area contributed by atoms with Gasteiger partial charge in [0.05, 0.1) is 12.1 Å². The fourth-order valence-corrected chi connectivity index (χ4v) is 1.61. The third-order valence-corrected chi connectivity index (χ3v) is 2.19. The first-order valence-corrected chi connectivity index (χ1v) is 3.90. The number of nitrogens with zero attached hydrogens (tertiary/aromatic N) is 1. The molecule has 64 valence electrons. The van der Waals surface area contributed by atoms with Crippen molar-refractivity contribution in [1.82, 2.24) is 0 Å². The minimum absolute atomic E-state index is 0.0604. The molecule has 0 aromatic rings. The summed E-state index contributed by atoms with van der Waals surface area (Å²) in [7, 11) is 0. The predicted octanol–water partition coefficient (Wildman–Crippen LogP) is -0.435. The zero-order valence-corrected chi connectivity index (χ0v) is 6.58. The molecule has 1 saturated carbocycles. The normalized spacial score (nSPS) is 21.5. The summed E-state index contributed by atoms with van der Waals surface area (Å²) in [5, 5.41) is 9.05. The van der Waals surface area contributed by atoms with Gasteiger partial charge in [-0.1, -0.05) is 12.8 Å². The van der Waals surface area contributed by atoms with Crippen LogP contribution >= 0.6 is 0 Å². The molecule has 1 aliphatic rings. The maximum atomic E-state index is 9.05. The van der Waals surface area contributed by atoms with E-state index in [1.165, 1.54) is 0 Å². The highest BCUT2D eigenvalue weighted by Crippen LogP contribution is 2.32. The molecular weight excluding hydrogens is 142 g/mol. The lowest BCUT2D eigenvalue weighted by atomic mass is 10.0. The van der Waals surface area contributed by atoms with E-state index in [0.717, 1.165) is 25.7 Å². The van der Waals surface area contributed by atoms with E-state index in [1.54, 1.807) is 0 Å². The Kier molecular flexibility index (Phi) is 2.34. The Bertz CT molecular complexity index is 157. The monoisotopic (exact) mass is 157 g/mol. The summed E-state index contributed by atoms with van der Waals surface area (Å²) in [6.07, 6.45) is 4.03. The molecular formula is C7H15N3O. The lowest BCUT2D eigenvalue weighted by Crippen LogP contribution is -2.34. The smallest absolute Gasteiger partial charge is 0.186 e. The van der Waals surface area contributed by atoms with E-state index in [2.05, 4.69) is 4.99 Å². The molecule has 0 unspecified atom stereocenters. The molecule has 0 bridgehead atoms. The Labute approximate surface area is 66.3 Å². The fourth-order valence-electron chi connectivity index (χ4n) is 1.61. The van der Waals surface area contributed by atoms with E-state index in [4.69, 9.17) is 16.6 Å². The van der Waals surface area contributed by atoms with E-state index < -0.39 is 0 Å². The molecule has 0 aromatic heterocycles. The number of aliphatic hydroxyl groups is 1. The number of rotatable bonds is 2. The van der Waals surface area contributed by atoms with Crippen LogP contribution in [-0.2, 0) is 0 Å². The summed E-state index contributed by atoms with van der Waals surface area (Å²) < 4.78 is 0. The molecule has 4 heteroatoms. The Morgan fingerprint density at radius 3 is 2.27 bits per heavy atom. The number of guanidine groups is 1. The molecule has 0 amide bonds. The van der Waals surface area contributed by atoms with E-state index >= 15 is 0 Å². The van der Waals surface area contributed by atoms with Crippen molar-refractivity contribution in [2.24, 2.45) is 16.5 Å². The van der Waals surface area contributed by atoms with Crippen LogP contribution in [0.2, 0.25) is 0 Å². The minimum Gasteiger partial charge on any atom is -0.394 e. The molecule has 0 heterocycles. The standard InChI is InChI=1S/C7H15N3O/c8-6(9)10-7(5-11)3-1-2-4-7/h11H,1-5H2,(H4,8,9,10). The molecule has 5 N–H and O–H groups in total. The van der Waals surface area contributed by atoms with Crippen LogP contribution in [0.5, 0.6) is 0 Å².